The SMILES string of the molecule is c1ccc(OCc2nnc(CN3CCC4(CC3)OCCO4)o2)cc1. The van der Waals surface area contributed by atoms with Crippen LogP contribution in [0, 0.1) is 0 Å². The molecule has 1 aromatic heterocycles. The topological polar surface area (TPSA) is 69.9 Å². The Hall–Kier alpha value is -1.96. The molecule has 24 heavy (non-hydrogen) atoms. The molecule has 1 spiro atoms. The van der Waals surface area contributed by atoms with Gasteiger partial charge in [0.25, 0.3) is 5.89 Å². The average Bonchev–Trinajstić information content (AvgIpc) is 3.26. The number of rotatable bonds is 5. The number of nitrogens with zero attached hydrogens (tertiary/aromatic N) is 3. The van der Waals surface area contributed by atoms with Crippen LogP contribution in [0.4, 0.5) is 0 Å². The van der Waals surface area contributed by atoms with Crippen LogP contribution in [-0.2, 0) is 22.6 Å². The predicted molar refractivity (Wildman–Crippen MR) is 84.2 cm³/mol. The molecule has 2 aromatic rings. The molecule has 0 amide bonds. The van der Waals surface area contributed by atoms with Crippen LogP contribution in [-0.4, -0.2) is 47.2 Å². The molecule has 0 saturated carbocycles. The summed E-state index contributed by atoms with van der Waals surface area (Å²) in [4.78, 5) is 2.28. The lowest BCUT2D eigenvalue weighted by Gasteiger charge is -2.36. The van der Waals surface area contributed by atoms with Crippen LogP contribution in [0.1, 0.15) is 24.6 Å². The Kier molecular flexibility index (Phi) is 4.46. The first kappa shape index (κ1) is 15.6. The lowest BCUT2D eigenvalue weighted by Crippen LogP contribution is -2.44. The maximum atomic E-state index is 5.74. The molecule has 0 unspecified atom stereocenters. The average molecular weight is 331 g/mol. The van der Waals surface area contributed by atoms with Crippen molar-refractivity contribution >= 4 is 0 Å². The van der Waals surface area contributed by atoms with Crippen LogP contribution in [0.25, 0.3) is 0 Å². The zero-order valence-electron chi connectivity index (χ0n) is 13.5. The summed E-state index contributed by atoms with van der Waals surface area (Å²) in [7, 11) is 0. The highest BCUT2D eigenvalue weighted by molar-refractivity contribution is 5.20. The predicted octanol–water partition coefficient (Wildman–Crippen LogP) is 1.99. The molecule has 0 bridgehead atoms. The van der Waals surface area contributed by atoms with Crippen LogP contribution in [0.2, 0.25) is 0 Å². The second-order valence-electron chi connectivity index (χ2n) is 6.08. The Balaban J connectivity index is 1.26. The molecule has 7 nitrogen and oxygen atoms in total. The van der Waals surface area contributed by atoms with E-state index in [4.69, 9.17) is 18.6 Å². The van der Waals surface area contributed by atoms with Crippen molar-refractivity contribution in [3.8, 4) is 5.75 Å². The zero-order valence-corrected chi connectivity index (χ0v) is 13.5. The third-order valence-corrected chi connectivity index (χ3v) is 4.40. The quantitative estimate of drug-likeness (QED) is 0.830. The van der Waals surface area contributed by atoms with Gasteiger partial charge in [0, 0.05) is 25.9 Å². The van der Waals surface area contributed by atoms with Gasteiger partial charge in [-0.1, -0.05) is 18.2 Å². The highest BCUT2D eigenvalue weighted by Crippen LogP contribution is 2.31. The molecule has 2 saturated heterocycles. The number of para-hydroxylation sites is 1. The van der Waals surface area contributed by atoms with Crippen LogP contribution < -0.4 is 4.74 Å². The Labute approximate surface area is 140 Å². The van der Waals surface area contributed by atoms with Gasteiger partial charge in [0.2, 0.25) is 5.89 Å². The van der Waals surface area contributed by atoms with Gasteiger partial charge in [0.1, 0.15) is 5.75 Å². The van der Waals surface area contributed by atoms with Gasteiger partial charge in [-0.2, -0.15) is 0 Å². The summed E-state index contributed by atoms with van der Waals surface area (Å²) in [6.07, 6.45) is 1.76. The molecule has 0 aliphatic carbocycles. The summed E-state index contributed by atoms with van der Waals surface area (Å²) in [5.41, 5.74) is 0. The van der Waals surface area contributed by atoms with Gasteiger partial charge < -0.3 is 18.6 Å². The second-order valence-corrected chi connectivity index (χ2v) is 6.08. The lowest BCUT2D eigenvalue weighted by molar-refractivity contribution is -0.186. The molecule has 2 aliphatic heterocycles. The van der Waals surface area contributed by atoms with E-state index in [9.17, 15) is 0 Å². The second kappa shape index (κ2) is 6.88. The minimum absolute atomic E-state index is 0.280. The fraction of sp³-hybridized carbons (Fsp3) is 0.529. The molecule has 2 aliphatic rings. The van der Waals surface area contributed by atoms with E-state index < -0.39 is 0 Å². The maximum absolute atomic E-state index is 5.74. The van der Waals surface area contributed by atoms with Gasteiger partial charge in [-0.05, 0) is 12.1 Å². The van der Waals surface area contributed by atoms with Crippen molar-refractivity contribution in [3.05, 3.63) is 42.1 Å². The molecule has 1 aromatic carbocycles. The monoisotopic (exact) mass is 331 g/mol. The fourth-order valence-electron chi connectivity index (χ4n) is 3.10. The Morgan fingerprint density at radius 1 is 1.00 bits per heavy atom. The molecule has 2 fully saturated rings. The van der Waals surface area contributed by atoms with Crippen molar-refractivity contribution in [3.63, 3.8) is 0 Å². The van der Waals surface area contributed by atoms with Gasteiger partial charge in [0.15, 0.2) is 12.4 Å². The largest absolute Gasteiger partial charge is 0.484 e. The first-order valence-electron chi connectivity index (χ1n) is 8.31. The number of ether oxygens (including phenoxy) is 3. The first-order chi connectivity index (χ1) is 11.8. The number of aromatic nitrogens is 2. The van der Waals surface area contributed by atoms with Gasteiger partial charge >= 0.3 is 0 Å². The number of hydrogen-bond acceptors (Lipinski definition) is 7. The maximum Gasteiger partial charge on any atom is 0.253 e. The van der Waals surface area contributed by atoms with Crippen LogP contribution in [0.3, 0.4) is 0 Å². The summed E-state index contributed by atoms with van der Waals surface area (Å²) in [6, 6.07) is 9.59. The van der Waals surface area contributed by atoms with Crippen LogP contribution in [0.15, 0.2) is 34.7 Å². The number of piperidine rings is 1. The van der Waals surface area contributed by atoms with Crippen LogP contribution >= 0.6 is 0 Å². The summed E-state index contributed by atoms with van der Waals surface area (Å²) < 4.78 is 22.8. The summed E-state index contributed by atoms with van der Waals surface area (Å²) in [5, 5.41) is 8.16. The van der Waals surface area contributed by atoms with E-state index in [1.165, 1.54) is 0 Å². The van der Waals surface area contributed by atoms with Gasteiger partial charge in [-0.25, -0.2) is 0 Å². The first-order valence-corrected chi connectivity index (χ1v) is 8.31. The Morgan fingerprint density at radius 2 is 1.71 bits per heavy atom. The number of likely N-dealkylation sites (tertiary alicyclic amines) is 1. The van der Waals surface area contributed by atoms with Gasteiger partial charge in [0.05, 0.1) is 19.8 Å². The molecule has 128 valence electrons. The highest BCUT2D eigenvalue weighted by atomic mass is 16.7. The van der Waals surface area contributed by atoms with E-state index >= 15 is 0 Å². The molecule has 7 heteroatoms. The molecule has 0 N–H and O–H groups in total. The lowest BCUT2D eigenvalue weighted by atomic mass is 10.0. The molecule has 4 rings (SSSR count). The van der Waals surface area contributed by atoms with Crippen LogP contribution in [0.5, 0.6) is 5.75 Å². The van der Waals surface area contributed by atoms with Crippen molar-refractivity contribution in [1.82, 2.24) is 15.1 Å². The van der Waals surface area contributed by atoms with E-state index in [1.807, 2.05) is 30.3 Å². The van der Waals surface area contributed by atoms with Crippen molar-refractivity contribution in [1.29, 1.82) is 0 Å². The molecule has 0 atom stereocenters. The normalized spacial score (nSPS) is 20.5. The number of hydrogen-bond donors (Lipinski definition) is 0. The minimum Gasteiger partial charge on any atom is -0.484 e. The third kappa shape index (κ3) is 3.58. The van der Waals surface area contributed by atoms with Crippen molar-refractivity contribution in [2.45, 2.75) is 31.8 Å². The van der Waals surface area contributed by atoms with E-state index in [0.717, 1.165) is 31.7 Å². The summed E-state index contributed by atoms with van der Waals surface area (Å²) in [5.74, 6) is 1.55. The van der Waals surface area contributed by atoms with E-state index in [-0.39, 0.29) is 12.4 Å². The third-order valence-electron chi connectivity index (χ3n) is 4.40. The molecule has 3 heterocycles. The van der Waals surface area contributed by atoms with Gasteiger partial charge in [-0.3, -0.25) is 4.90 Å². The minimum atomic E-state index is -0.347. The Morgan fingerprint density at radius 3 is 2.46 bits per heavy atom. The van der Waals surface area contributed by atoms with Crippen molar-refractivity contribution in [2.24, 2.45) is 0 Å². The highest BCUT2D eigenvalue weighted by Gasteiger charge is 2.39. The number of benzene rings is 1. The van der Waals surface area contributed by atoms with E-state index in [2.05, 4.69) is 15.1 Å². The summed E-state index contributed by atoms with van der Waals surface area (Å²) >= 11 is 0. The molecule has 0 radical (unpaired) electrons. The molecular weight excluding hydrogens is 310 g/mol. The van der Waals surface area contributed by atoms with Crippen molar-refractivity contribution < 1.29 is 18.6 Å². The van der Waals surface area contributed by atoms with E-state index in [1.54, 1.807) is 0 Å². The standard InChI is InChI=1S/C17H21N3O4/c1-2-4-14(5-3-1)21-13-16-19-18-15(24-16)12-20-8-6-17(7-9-20)22-10-11-23-17/h1-5H,6-13H2. The smallest absolute Gasteiger partial charge is 0.253 e. The Bertz CT molecular complexity index is 645. The fourth-order valence-corrected chi connectivity index (χ4v) is 3.10. The summed E-state index contributed by atoms with van der Waals surface area (Å²) in [6.45, 7) is 4.13. The molecular formula is C17H21N3O4. The zero-order chi connectivity index (χ0) is 16.2. The van der Waals surface area contributed by atoms with Gasteiger partial charge in [-0.15, -0.1) is 10.2 Å². The van der Waals surface area contributed by atoms with E-state index in [0.29, 0.717) is 31.5 Å². The van der Waals surface area contributed by atoms with Crippen molar-refractivity contribution in [2.75, 3.05) is 26.3 Å².